The van der Waals surface area contributed by atoms with E-state index in [1.807, 2.05) is 31.2 Å². The molecule has 19 heavy (non-hydrogen) atoms. The van der Waals surface area contributed by atoms with E-state index >= 15 is 0 Å². The Balaban J connectivity index is 2.16. The highest BCUT2D eigenvalue weighted by Crippen LogP contribution is 2.26. The molecule has 0 atom stereocenters. The fourth-order valence-electron chi connectivity index (χ4n) is 1.87. The van der Waals surface area contributed by atoms with Crippen molar-refractivity contribution in [3.05, 3.63) is 57.8 Å². The smallest absolute Gasteiger partial charge is 0.141 e. The standard InChI is InChI=1S/C15H15BrFNO/c1-10-3-4-15(19-2)14(5-10)18-9-11-6-12(16)8-13(17)7-11/h3-8,18H,9H2,1-2H3. The summed E-state index contributed by atoms with van der Waals surface area (Å²) >= 11 is 3.29. The minimum Gasteiger partial charge on any atom is -0.495 e. The first-order chi connectivity index (χ1) is 9.08. The monoisotopic (exact) mass is 323 g/mol. The molecule has 0 aromatic heterocycles. The molecule has 1 N–H and O–H groups in total. The SMILES string of the molecule is COc1ccc(C)cc1NCc1cc(F)cc(Br)c1. The van der Waals surface area contributed by atoms with Crippen molar-refractivity contribution in [1.29, 1.82) is 0 Å². The van der Waals surface area contributed by atoms with Crippen molar-refractivity contribution in [2.75, 3.05) is 12.4 Å². The topological polar surface area (TPSA) is 21.3 Å². The van der Waals surface area contributed by atoms with Gasteiger partial charge in [0.15, 0.2) is 0 Å². The van der Waals surface area contributed by atoms with E-state index in [1.165, 1.54) is 12.1 Å². The number of anilines is 1. The third kappa shape index (κ3) is 3.70. The summed E-state index contributed by atoms with van der Waals surface area (Å²) in [6.45, 7) is 2.56. The van der Waals surface area contributed by atoms with Gasteiger partial charge in [0.1, 0.15) is 11.6 Å². The summed E-state index contributed by atoms with van der Waals surface area (Å²) in [5.74, 6) is 0.531. The lowest BCUT2D eigenvalue weighted by Gasteiger charge is -2.12. The van der Waals surface area contributed by atoms with Gasteiger partial charge in [0.2, 0.25) is 0 Å². The van der Waals surface area contributed by atoms with E-state index in [0.29, 0.717) is 6.54 Å². The molecule has 0 saturated heterocycles. The van der Waals surface area contributed by atoms with Crippen molar-refractivity contribution in [2.24, 2.45) is 0 Å². The van der Waals surface area contributed by atoms with E-state index < -0.39 is 0 Å². The van der Waals surface area contributed by atoms with Gasteiger partial charge in [0.05, 0.1) is 12.8 Å². The fraction of sp³-hybridized carbons (Fsp3) is 0.200. The maximum absolute atomic E-state index is 13.3. The zero-order valence-corrected chi connectivity index (χ0v) is 12.4. The maximum atomic E-state index is 13.3. The van der Waals surface area contributed by atoms with Crippen LogP contribution in [-0.4, -0.2) is 7.11 Å². The Morgan fingerprint density at radius 2 is 2.00 bits per heavy atom. The molecule has 0 fully saturated rings. The molecule has 100 valence electrons. The van der Waals surface area contributed by atoms with Crippen molar-refractivity contribution in [3.63, 3.8) is 0 Å². The summed E-state index contributed by atoms with van der Waals surface area (Å²) in [5, 5.41) is 3.26. The van der Waals surface area contributed by atoms with Crippen molar-refractivity contribution < 1.29 is 9.13 Å². The van der Waals surface area contributed by atoms with Crippen LogP contribution in [0.2, 0.25) is 0 Å². The van der Waals surface area contributed by atoms with Crippen LogP contribution in [0.4, 0.5) is 10.1 Å². The van der Waals surface area contributed by atoms with Crippen LogP contribution in [-0.2, 0) is 6.54 Å². The lowest BCUT2D eigenvalue weighted by molar-refractivity contribution is 0.416. The molecular weight excluding hydrogens is 309 g/mol. The summed E-state index contributed by atoms with van der Waals surface area (Å²) in [6.07, 6.45) is 0. The lowest BCUT2D eigenvalue weighted by Crippen LogP contribution is -2.02. The van der Waals surface area contributed by atoms with Gasteiger partial charge in [-0.3, -0.25) is 0 Å². The summed E-state index contributed by atoms with van der Waals surface area (Å²) in [4.78, 5) is 0. The Kier molecular flexibility index (Phi) is 4.43. The zero-order valence-electron chi connectivity index (χ0n) is 10.8. The van der Waals surface area contributed by atoms with Crippen LogP contribution in [0.25, 0.3) is 0 Å². The molecule has 0 aliphatic rings. The van der Waals surface area contributed by atoms with E-state index in [0.717, 1.165) is 27.0 Å². The van der Waals surface area contributed by atoms with Gasteiger partial charge in [-0.2, -0.15) is 0 Å². The van der Waals surface area contributed by atoms with Gasteiger partial charge in [0.25, 0.3) is 0 Å². The molecule has 2 rings (SSSR count). The van der Waals surface area contributed by atoms with Crippen molar-refractivity contribution >= 4 is 21.6 Å². The molecule has 0 unspecified atom stereocenters. The summed E-state index contributed by atoms with van der Waals surface area (Å²) in [5.41, 5.74) is 2.92. The number of rotatable bonds is 4. The molecule has 2 aromatic carbocycles. The number of hydrogen-bond acceptors (Lipinski definition) is 2. The van der Waals surface area contributed by atoms with E-state index in [2.05, 4.69) is 21.2 Å². The number of nitrogens with one attached hydrogen (secondary N) is 1. The first-order valence-electron chi connectivity index (χ1n) is 5.92. The maximum Gasteiger partial charge on any atom is 0.141 e. The van der Waals surface area contributed by atoms with Crippen LogP contribution in [0, 0.1) is 12.7 Å². The van der Waals surface area contributed by atoms with Crippen LogP contribution in [0.3, 0.4) is 0 Å². The van der Waals surface area contributed by atoms with Crippen LogP contribution in [0.15, 0.2) is 40.9 Å². The largest absolute Gasteiger partial charge is 0.495 e. The van der Waals surface area contributed by atoms with E-state index in [-0.39, 0.29) is 5.82 Å². The normalized spacial score (nSPS) is 10.3. The number of benzene rings is 2. The Labute approximate surface area is 120 Å². The Morgan fingerprint density at radius 3 is 2.68 bits per heavy atom. The third-order valence-corrected chi connectivity index (χ3v) is 3.22. The molecule has 0 radical (unpaired) electrons. The minimum absolute atomic E-state index is 0.248. The second-order valence-electron chi connectivity index (χ2n) is 4.33. The van der Waals surface area contributed by atoms with Crippen molar-refractivity contribution in [2.45, 2.75) is 13.5 Å². The molecule has 4 heteroatoms. The quantitative estimate of drug-likeness (QED) is 0.893. The molecule has 0 aliphatic carbocycles. The summed E-state index contributed by atoms with van der Waals surface area (Å²) in [6, 6.07) is 10.8. The minimum atomic E-state index is -0.248. The highest BCUT2D eigenvalue weighted by molar-refractivity contribution is 9.10. The van der Waals surface area contributed by atoms with Gasteiger partial charge in [-0.1, -0.05) is 22.0 Å². The second-order valence-corrected chi connectivity index (χ2v) is 5.25. The average Bonchev–Trinajstić information content (AvgIpc) is 2.35. The molecular formula is C15H15BrFNO. The Hall–Kier alpha value is -1.55. The van der Waals surface area contributed by atoms with Gasteiger partial charge in [-0.25, -0.2) is 4.39 Å². The summed E-state index contributed by atoms with van der Waals surface area (Å²) < 4.78 is 19.3. The van der Waals surface area contributed by atoms with Gasteiger partial charge in [0, 0.05) is 11.0 Å². The fourth-order valence-corrected chi connectivity index (χ4v) is 2.38. The van der Waals surface area contributed by atoms with Gasteiger partial charge in [-0.15, -0.1) is 0 Å². The molecule has 2 aromatic rings. The van der Waals surface area contributed by atoms with Crippen LogP contribution in [0.1, 0.15) is 11.1 Å². The molecule has 0 aliphatic heterocycles. The molecule has 0 heterocycles. The van der Waals surface area contributed by atoms with E-state index in [1.54, 1.807) is 7.11 Å². The molecule has 0 spiro atoms. The number of aryl methyl sites for hydroxylation is 1. The van der Waals surface area contributed by atoms with Crippen molar-refractivity contribution in [3.8, 4) is 5.75 Å². The predicted molar refractivity (Wildman–Crippen MR) is 79.2 cm³/mol. The first-order valence-corrected chi connectivity index (χ1v) is 6.71. The summed E-state index contributed by atoms with van der Waals surface area (Å²) in [7, 11) is 1.63. The van der Waals surface area contributed by atoms with Gasteiger partial charge in [-0.05, 0) is 48.4 Å². The van der Waals surface area contributed by atoms with Gasteiger partial charge >= 0.3 is 0 Å². The van der Waals surface area contributed by atoms with E-state index in [9.17, 15) is 4.39 Å². The van der Waals surface area contributed by atoms with Gasteiger partial charge < -0.3 is 10.1 Å². The molecule has 0 amide bonds. The third-order valence-electron chi connectivity index (χ3n) is 2.76. The number of methoxy groups -OCH3 is 1. The van der Waals surface area contributed by atoms with Crippen LogP contribution < -0.4 is 10.1 Å². The molecule has 2 nitrogen and oxygen atoms in total. The number of hydrogen-bond donors (Lipinski definition) is 1. The van der Waals surface area contributed by atoms with Crippen LogP contribution in [0.5, 0.6) is 5.75 Å². The second kappa shape index (κ2) is 6.06. The number of ether oxygens (including phenoxy) is 1. The highest BCUT2D eigenvalue weighted by atomic mass is 79.9. The van der Waals surface area contributed by atoms with E-state index in [4.69, 9.17) is 4.74 Å². The lowest BCUT2D eigenvalue weighted by atomic mass is 10.2. The van der Waals surface area contributed by atoms with Crippen molar-refractivity contribution in [1.82, 2.24) is 0 Å². The molecule has 0 bridgehead atoms. The molecule has 0 saturated carbocycles. The number of halogens is 2. The zero-order chi connectivity index (χ0) is 13.8. The van der Waals surface area contributed by atoms with Crippen LogP contribution >= 0.6 is 15.9 Å². The Morgan fingerprint density at radius 1 is 1.21 bits per heavy atom. The Bertz CT molecular complexity index is 566. The first kappa shape index (κ1) is 13.9. The predicted octanol–water partition coefficient (Wildman–Crippen LogP) is 4.52. The average molecular weight is 324 g/mol. The highest BCUT2D eigenvalue weighted by Gasteiger charge is 2.04.